The van der Waals surface area contributed by atoms with Gasteiger partial charge in [-0.1, -0.05) is 221 Å². The fraction of sp³-hybridized carbons (Fsp3) is 0.692. The summed E-state index contributed by atoms with van der Waals surface area (Å²) in [7, 11) is 0. The van der Waals surface area contributed by atoms with Crippen LogP contribution in [0.15, 0.2) is 97.2 Å². The van der Waals surface area contributed by atoms with Gasteiger partial charge in [0.1, 0.15) is 18.8 Å². The van der Waals surface area contributed by atoms with Crippen LogP contribution in [0.5, 0.6) is 0 Å². The number of carboxylic acid groups (broad SMARTS) is 1. The van der Waals surface area contributed by atoms with Crippen molar-refractivity contribution >= 4 is 23.9 Å². The maximum atomic E-state index is 13.1. The zero-order valence-corrected chi connectivity index (χ0v) is 48.2. The van der Waals surface area contributed by atoms with E-state index < -0.39 is 67.3 Å². The molecular formula is C65H106O12. The molecule has 1 heterocycles. The summed E-state index contributed by atoms with van der Waals surface area (Å²) in [6.07, 6.45) is 56.9. The number of carboxylic acids is 1. The van der Waals surface area contributed by atoms with Gasteiger partial charge in [0.2, 0.25) is 0 Å². The van der Waals surface area contributed by atoms with Crippen LogP contribution in [0, 0.1) is 0 Å². The Labute approximate surface area is 466 Å². The first-order valence-corrected chi connectivity index (χ1v) is 30.2. The Morgan fingerprint density at radius 1 is 0.455 bits per heavy atom. The molecule has 0 aliphatic carbocycles. The van der Waals surface area contributed by atoms with E-state index in [1.165, 1.54) is 83.5 Å². The summed E-state index contributed by atoms with van der Waals surface area (Å²) in [4.78, 5) is 51.1. The Kier molecular flexibility index (Phi) is 48.0. The second-order valence-electron chi connectivity index (χ2n) is 20.3. The lowest BCUT2D eigenvalue weighted by Gasteiger charge is -2.40. The van der Waals surface area contributed by atoms with Gasteiger partial charge in [-0.25, -0.2) is 4.79 Å². The molecule has 438 valence electrons. The molecule has 0 aromatic rings. The van der Waals surface area contributed by atoms with E-state index in [9.17, 15) is 34.5 Å². The molecule has 1 saturated heterocycles. The average Bonchev–Trinajstić information content (AvgIpc) is 3.42. The first-order chi connectivity index (χ1) is 37.6. The molecule has 1 fully saturated rings. The van der Waals surface area contributed by atoms with Crippen molar-refractivity contribution in [3.8, 4) is 0 Å². The summed E-state index contributed by atoms with van der Waals surface area (Å²) in [6, 6.07) is 0. The summed E-state index contributed by atoms with van der Waals surface area (Å²) in [6.45, 7) is 5.75. The minimum Gasteiger partial charge on any atom is -0.479 e. The van der Waals surface area contributed by atoms with Gasteiger partial charge in [-0.15, -0.1) is 0 Å². The van der Waals surface area contributed by atoms with Crippen LogP contribution >= 0.6 is 0 Å². The number of aliphatic carboxylic acids is 1. The van der Waals surface area contributed by atoms with E-state index in [0.717, 1.165) is 96.3 Å². The fourth-order valence-electron chi connectivity index (χ4n) is 8.53. The van der Waals surface area contributed by atoms with E-state index in [2.05, 4.69) is 93.7 Å². The fourth-order valence-corrected chi connectivity index (χ4v) is 8.53. The van der Waals surface area contributed by atoms with E-state index in [1.807, 2.05) is 12.2 Å². The summed E-state index contributed by atoms with van der Waals surface area (Å²) in [5.74, 6) is -3.31. The molecule has 1 aliphatic heterocycles. The molecule has 0 radical (unpaired) electrons. The molecule has 0 spiro atoms. The van der Waals surface area contributed by atoms with Gasteiger partial charge in [0.15, 0.2) is 24.6 Å². The van der Waals surface area contributed by atoms with Gasteiger partial charge in [-0.3, -0.25) is 14.4 Å². The molecule has 12 heteroatoms. The maximum Gasteiger partial charge on any atom is 0.335 e. The van der Waals surface area contributed by atoms with Crippen molar-refractivity contribution in [2.45, 2.75) is 276 Å². The van der Waals surface area contributed by atoms with Crippen LogP contribution in [-0.4, -0.2) is 89.2 Å². The Bertz CT molecular complexity index is 1710. The zero-order chi connectivity index (χ0) is 56.1. The number of hydrogen-bond acceptors (Lipinski definition) is 11. The molecule has 0 aromatic heterocycles. The third-order valence-electron chi connectivity index (χ3n) is 13.1. The molecule has 6 unspecified atom stereocenters. The van der Waals surface area contributed by atoms with Crippen LogP contribution in [0.4, 0.5) is 0 Å². The topological polar surface area (TPSA) is 175 Å². The first kappa shape index (κ1) is 70.7. The number of carbonyl (C=O) groups excluding carboxylic acids is 3. The normalized spacial score (nSPS) is 18.7. The van der Waals surface area contributed by atoms with Gasteiger partial charge < -0.3 is 39.0 Å². The number of carbonyl (C=O) groups is 4. The number of allylic oxidation sites excluding steroid dienone is 15. The highest BCUT2D eigenvalue weighted by Crippen LogP contribution is 2.26. The summed E-state index contributed by atoms with van der Waals surface area (Å²) >= 11 is 0. The van der Waals surface area contributed by atoms with Gasteiger partial charge in [0, 0.05) is 12.8 Å². The number of esters is 3. The Morgan fingerprint density at radius 3 is 1.38 bits per heavy atom. The van der Waals surface area contributed by atoms with Crippen molar-refractivity contribution in [2.75, 3.05) is 13.2 Å². The Morgan fingerprint density at radius 2 is 0.883 bits per heavy atom. The number of aliphatic hydroxyl groups excluding tert-OH is 2. The molecule has 0 amide bonds. The highest BCUT2D eigenvalue weighted by Gasteiger charge is 2.50. The summed E-state index contributed by atoms with van der Waals surface area (Å²) in [5.41, 5.74) is 0. The number of aliphatic hydroxyl groups is 2. The number of ether oxygens (including phenoxy) is 5. The standard InChI is InChI=1S/C65H106O12/c1-4-7-10-13-16-19-22-25-27-28-29-30-32-34-36-39-42-45-48-51-57(66)73-54-56(75-58(67)52-49-46-43-40-37-33-24-21-18-15-12-9-6-3)55-74-65-63(61(70)60(69)62(77-65)64(71)72)76-59(68)53-50-47-44-41-38-35-31-26-23-20-17-14-11-8-5-2/h8,11-12,15,17,20-21,24-27,31,38,41,47,50,56,60-63,65,69-70H,4-7,9-10,13-14,16,18-19,22-23,28-30,32-37,39-40,42-46,48-49,51-55H2,1-3H3,(H,71,72)/b11-8-,15-12-,20-17-,24-21-,27-25-,31-26-,41-38-,50-47-. The molecule has 1 rings (SSSR count). The SMILES string of the molecule is CC/C=C\C/C=C\C/C=C\C/C=C\C/C=C\CC(=O)OC1C(OCC(COC(=O)CCCCCCCCCCC/C=C\CCCCCCCC)OC(=O)CCCCCCC/C=C\C/C=C\CCC)OC(C(=O)O)C(O)C1O. The number of unbranched alkanes of at least 4 members (excludes halogenated alkanes) is 21. The van der Waals surface area contributed by atoms with Gasteiger partial charge in [0.25, 0.3) is 0 Å². The van der Waals surface area contributed by atoms with Crippen LogP contribution < -0.4 is 0 Å². The minimum atomic E-state index is -1.94. The summed E-state index contributed by atoms with van der Waals surface area (Å²) in [5, 5.41) is 31.4. The van der Waals surface area contributed by atoms with Crippen molar-refractivity contribution in [2.24, 2.45) is 0 Å². The molecule has 6 atom stereocenters. The van der Waals surface area contributed by atoms with E-state index in [4.69, 9.17) is 23.7 Å². The second-order valence-corrected chi connectivity index (χ2v) is 20.3. The van der Waals surface area contributed by atoms with Crippen LogP contribution in [-0.2, 0) is 42.9 Å². The van der Waals surface area contributed by atoms with E-state index in [1.54, 1.807) is 12.2 Å². The minimum absolute atomic E-state index is 0.132. The Balaban J connectivity index is 2.72. The first-order valence-electron chi connectivity index (χ1n) is 30.2. The van der Waals surface area contributed by atoms with Crippen LogP contribution in [0.2, 0.25) is 0 Å². The molecule has 0 aromatic carbocycles. The third-order valence-corrected chi connectivity index (χ3v) is 13.1. The molecular weight excluding hydrogens is 973 g/mol. The van der Waals surface area contributed by atoms with E-state index in [-0.39, 0.29) is 25.9 Å². The number of hydrogen-bond donors (Lipinski definition) is 3. The largest absolute Gasteiger partial charge is 0.479 e. The van der Waals surface area contributed by atoms with Crippen molar-refractivity contribution in [3.63, 3.8) is 0 Å². The van der Waals surface area contributed by atoms with E-state index in [0.29, 0.717) is 19.3 Å². The monoisotopic (exact) mass is 1080 g/mol. The van der Waals surface area contributed by atoms with Crippen LogP contribution in [0.3, 0.4) is 0 Å². The maximum absolute atomic E-state index is 13.1. The van der Waals surface area contributed by atoms with Crippen LogP contribution in [0.1, 0.15) is 239 Å². The average molecular weight is 1080 g/mol. The highest BCUT2D eigenvalue weighted by molar-refractivity contribution is 5.74. The summed E-state index contributed by atoms with van der Waals surface area (Å²) < 4.78 is 28.3. The van der Waals surface area contributed by atoms with Gasteiger partial charge in [0.05, 0.1) is 13.0 Å². The molecule has 0 saturated carbocycles. The quantitative estimate of drug-likeness (QED) is 0.0228. The molecule has 3 N–H and O–H groups in total. The van der Waals surface area contributed by atoms with E-state index >= 15 is 0 Å². The molecule has 77 heavy (non-hydrogen) atoms. The second kappa shape index (κ2) is 52.3. The third kappa shape index (κ3) is 42.3. The number of rotatable bonds is 50. The van der Waals surface area contributed by atoms with Gasteiger partial charge >= 0.3 is 23.9 Å². The smallest absolute Gasteiger partial charge is 0.335 e. The van der Waals surface area contributed by atoms with Crippen molar-refractivity contribution in [1.29, 1.82) is 0 Å². The lowest BCUT2D eigenvalue weighted by molar-refractivity contribution is -0.301. The Hall–Kier alpha value is -4.36. The molecule has 12 nitrogen and oxygen atoms in total. The predicted molar refractivity (Wildman–Crippen MR) is 312 cm³/mol. The van der Waals surface area contributed by atoms with Gasteiger partial charge in [-0.2, -0.15) is 0 Å². The lowest BCUT2D eigenvalue weighted by Crippen LogP contribution is -2.61. The van der Waals surface area contributed by atoms with Crippen molar-refractivity contribution in [1.82, 2.24) is 0 Å². The van der Waals surface area contributed by atoms with Crippen LogP contribution in [0.25, 0.3) is 0 Å². The predicted octanol–water partition coefficient (Wildman–Crippen LogP) is 15.7. The highest BCUT2D eigenvalue weighted by atomic mass is 16.7. The zero-order valence-electron chi connectivity index (χ0n) is 48.2. The lowest BCUT2D eigenvalue weighted by atomic mass is 9.98. The van der Waals surface area contributed by atoms with Gasteiger partial charge in [-0.05, 0) is 96.3 Å². The van der Waals surface area contributed by atoms with Crippen molar-refractivity contribution < 1.29 is 58.2 Å². The van der Waals surface area contributed by atoms with Crippen molar-refractivity contribution in [3.05, 3.63) is 97.2 Å². The molecule has 0 bridgehead atoms. The molecule has 1 aliphatic rings.